The maximum Gasteiger partial charge on any atom is 0.273 e. The molecule has 0 atom stereocenters. The van der Waals surface area contributed by atoms with Gasteiger partial charge < -0.3 is 10.1 Å². The third-order valence-corrected chi connectivity index (χ3v) is 4.46. The van der Waals surface area contributed by atoms with Crippen molar-refractivity contribution in [1.29, 1.82) is 0 Å². The van der Waals surface area contributed by atoms with Crippen LogP contribution in [-0.4, -0.2) is 19.9 Å². The van der Waals surface area contributed by atoms with E-state index in [0.29, 0.717) is 17.4 Å². The van der Waals surface area contributed by atoms with Crippen LogP contribution < -0.4 is 10.1 Å². The zero-order chi connectivity index (χ0) is 19.3. The normalized spacial score (nSPS) is 10.4. The molecule has 1 N–H and O–H groups in total. The van der Waals surface area contributed by atoms with Gasteiger partial charge in [-0.1, -0.05) is 12.1 Å². The summed E-state index contributed by atoms with van der Waals surface area (Å²) in [7, 11) is 0. The number of rotatable bonds is 6. The summed E-state index contributed by atoms with van der Waals surface area (Å²) in [5.74, 6) is 1.34. The van der Waals surface area contributed by atoms with E-state index in [4.69, 9.17) is 4.74 Å². The number of non-ortho nitro benzene ring substituents is 1. The van der Waals surface area contributed by atoms with E-state index >= 15 is 0 Å². The third kappa shape index (κ3) is 4.10. The Kier molecular flexibility index (Phi) is 4.89. The predicted octanol–water partition coefficient (Wildman–Crippen LogP) is 5.04. The number of nitro benzene ring substituents is 1. The highest BCUT2D eigenvalue weighted by Gasteiger charge is 2.08. The van der Waals surface area contributed by atoms with Crippen LogP contribution in [0, 0.1) is 10.1 Å². The van der Waals surface area contributed by atoms with Crippen LogP contribution in [0.25, 0.3) is 10.7 Å². The molecule has 2 heterocycles. The lowest BCUT2D eigenvalue weighted by Gasteiger charge is -2.09. The number of nitrogens with one attached hydrogen (secondary N) is 1. The minimum Gasteiger partial charge on any atom is -0.457 e. The van der Waals surface area contributed by atoms with Crippen LogP contribution in [0.4, 0.5) is 17.3 Å². The Bertz CT molecular complexity index is 1120. The molecule has 8 nitrogen and oxygen atoms in total. The van der Waals surface area contributed by atoms with E-state index in [-0.39, 0.29) is 5.69 Å². The van der Waals surface area contributed by atoms with Gasteiger partial charge in [0.1, 0.15) is 22.2 Å². The Morgan fingerprint density at radius 2 is 1.82 bits per heavy atom. The second-order valence-corrected chi connectivity index (χ2v) is 6.51. The van der Waals surface area contributed by atoms with Gasteiger partial charge in [0.05, 0.1) is 11.0 Å². The fraction of sp³-hybridized carbons (Fsp3) is 0. The van der Waals surface area contributed by atoms with E-state index in [9.17, 15) is 10.1 Å². The molecule has 0 amide bonds. The number of thiazole rings is 1. The Hall–Kier alpha value is -3.85. The van der Waals surface area contributed by atoms with E-state index < -0.39 is 4.92 Å². The first-order valence-electron chi connectivity index (χ1n) is 8.20. The van der Waals surface area contributed by atoms with Crippen LogP contribution in [0.2, 0.25) is 0 Å². The van der Waals surface area contributed by atoms with Gasteiger partial charge in [0.2, 0.25) is 5.95 Å². The smallest absolute Gasteiger partial charge is 0.273 e. The molecule has 4 rings (SSSR count). The van der Waals surface area contributed by atoms with Crippen molar-refractivity contribution in [2.75, 3.05) is 5.32 Å². The van der Waals surface area contributed by atoms with Crippen LogP contribution in [0.1, 0.15) is 0 Å². The molecule has 138 valence electrons. The molecule has 2 aromatic carbocycles. The fourth-order valence-corrected chi connectivity index (χ4v) is 3.06. The highest BCUT2D eigenvalue weighted by molar-refractivity contribution is 7.13. The first-order chi connectivity index (χ1) is 13.7. The lowest BCUT2D eigenvalue weighted by atomic mass is 10.3. The lowest BCUT2D eigenvalue weighted by Crippen LogP contribution is -1.98. The number of aromatic nitrogens is 3. The van der Waals surface area contributed by atoms with Crippen LogP contribution in [0.15, 0.2) is 72.4 Å². The molecular weight excluding hydrogens is 378 g/mol. The van der Waals surface area contributed by atoms with E-state index in [1.807, 2.05) is 11.4 Å². The van der Waals surface area contributed by atoms with E-state index in [2.05, 4.69) is 20.3 Å². The van der Waals surface area contributed by atoms with Crippen molar-refractivity contribution in [3.8, 4) is 22.2 Å². The fourth-order valence-electron chi connectivity index (χ4n) is 2.45. The molecule has 0 radical (unpaired) electrons. The SMILES string of the molecule is O=[N+]([O-])c1cccc(Oc2cccc(Nc3nccc(-c4nccs4)n3)c2)c1. The van der Waals surface area contributed by atoms with Gasteiger partial charge in [0.15, 0.2) is 0 Å². The molecule has 0 aliphatic rings. The van der Waals surface area contributed by atoms with Gasteiger partial charge in [-0.15, -0.1) is 11.3 Å². The number of ether oxygens (including phenoxy) is 1. The largest absolute Gasteiger partial charge is 0.457 e. The van der Waals surface area contributed by atoms with Gasteiger partial charge in [0.25, 0.3) is 5.69 Å². The highest BCUT2D eigenvalue weighted by atomic mass is 32.1. The summed E-state index contributed by atoms with van der Waals surface area (Å²) in [6, 6.07) is 15.0. The predicted molar refractivity (Wildman–Crippen MR) is 106 cm³/mol. The maximum atomic E-state index is 10.9. The monoisotopic (exact) mass is 391 g/mol. The molecule has 4 aromatic rings. The molecule has 0 saturated carbocycles. The summed E-state index contributed by atoms with van der Waals surface area (Å²) in [6.07, 6.45) is 3.39. The molecule has 0 aliphatic heterocycles. The third-order valence-electron chi connectivity index (χ3n) is 3.66. The second kappa shape index (κ2) is 7.80. The van der Waals surface area contributed by atoms with Gasteiger partial charge in [-0.05, 0) is 24.3 Å². The summed E-state index contributed by atoms with van der Waals surface area (Å²) in [5, 5.41) is 16.7. The molecule has 0 fully saturated rings. The van der Waals surface area contributed by atoms with Crippen molar-refractivity contribution in [3.05, 3.63) is 82.5 Å². The first-order valence-corrected chi connectivity index (χ1v) is 9.08. The zero-order valence-corrected chi connectivity index (χ0v) is 15.2. The number of benzene rings is 2. The summed E-state index contributed by atoms with van der Waals surface area (Å²) < 4.78 is 5.74. The minimum absolute atomic E-state index is 0.0285. The van der Waals surface area contributed by atoms with Crippen molar-refractivity contribution in [2.45, 2.75) is 0 Å². The average Bonchev–Trinajstić information content (AvgIpc) is 3.24. The number of anilines is 2. The van der Waals surface area contributed by atoms with Gasteiger partial charge in [-0.2, -0.15) is 0 Å². The van der Waals surface area contributed by atoms with Crippen LogP contribution in [0.5, 0.6) is 11.5 Å². The van der Waals surface area contributed by atoms with E-state index in [0.717, 1.165) is 16.4 Å². The minimum atomic E-state index is -0.461. The molecule has 2 aromatic heterocycles. The number of hydrogen-bond acceptors (Lipinski definition) is 8. The maximum absolute atomic E-state index is 10.9. The van der Waals surface area contributed by atoms with E-state index in [1.54, 1.807) is 48.8 Å². The molecular formula is C19H13N5O3S. The number of hydrogen-bond donors (Lipinski definition) is 1. The Balaban J connectivity index is 1.52. The van der Waals surface area contributed by atoms with Crippen molar-refractivity contribution in [2.24, 2.45) is 0 Å². The Morgan fingerprint density at radius 1 is 1.00 bits per heavy atom. The zero-order valence-electron chi connectivity index (χ0n) is 14.4. The molecule has 28 heavy (non-hydrogen) atoms. The van der Waals surface area contributed by atoms with Gasteiger partial charge in [-0.3, -0.25) is 10.1 Å². The van der Waals surface area contributed by atoms with Crippen molar-refractivity contribution in [1.82, 2.24) is 15.0 Å². The molecule has 0 unspecified atom stereocenters. The highest BCUT2D eigenvalue weighted by Crippen LogP contribution is 2.28. The standard InChI is InChI=1S/C19H13N5O3S/c25-24(26)14-4-2-6-16(12-14)27-15-5-1-3-13(11-15)22-19-21-8-7-17(23-19)18-20-9-10-28-18/h1-12H,(H,21,22,23). The number of nitro groups is 1. The van der Waals surface area contributed by atoms with Crippen LogP contribution >= 0.6 is 11.3 Å². The topological polar surface area (TPSA) is 103 Å². The lowest BCUT2D eigenvalue weighted by molar-refractivity contribution is -0.384. The number of nitrogens with zero attached hydrogens (tertiary/aromatic N) is 4. The van der Waals surface area contributed by atoms with Crippen molar-refractivity contribution in [3.63, 3.8) is 0 Å². The summed E-state index contributed by atoms with van der Waals surface area (Å²) in [5.41, 5.74) is 1.43. The quantitative estimate of drug-likeness (QED) is 0.362. The summed E-state index contributed by atoms with van der Waals surface area (Å²) in [4.78, 5) is 23.4. The van der Waals surface area contributed by atoms with Crippen molar-refractivity contribution >= 4 is 28.7 Å². The van der Waals surface area contributed by atoms with Crippen LogP contribution in [-0.2, 0) is 0 Å². The molecule has 0 saturated heterocycles. The molecule has 9 heteroatoms. The molecule has 0 aliphatic carbocycles. The van der Waals surface area contributed by atoms with Gasteiger partial charge in [-0.25, -0.2) is 15.0 Å². The van der Waals surface area contributed by atoms with Gasteiger partial charge >= 0.3 is 0 Å². The Morgan fingerprint density at radius 3 is 2.61 bits per heavy atom. The second-order valence-electron chi connectivity index (χ2n) is 5.61. The first kappa shape index (κ1) is 17.6. The molecule has 0 spiro atoms. The van der Waals surface area contributed by atoms with E-state index in [1.165, 1.54) is 23.5 Å². The summed E-state index contributed by atoms with van der Waals surface area (Å²) >= 11 is 1.50. The van der Waals surface area contributed by atoms with Gasteiger partial charge in [0, 0.05) is 35.6 Å². The average molecular weight is 391 g/mol. The van der Waals surface area contributed by atoms with Crippen molar-refractivity contribution < 1.29 is 9.66 Å². The van der Waals surface area contributed by atoms with Crippen LogP contribution in [0.3, 0.4) is 0 Å². The molecule has 0 bridgehead atoms. The Labute approximate surface area is 163 Å². The summed E-state index contributed by atoms with van der Waals surface area (Å²) in [6.45, 7) is 0.